The van der Waals surface area contributed by atoms with Crippen molar-refractivity contribution >= 4 is 40.0 Å². The van der Waals surface area contributed by atoms with Crippen LogP contribution in [0.3, 0.4) is 0 Å². The summed E-state index contributed by atoms with van der Waals surface area (Å²) in [6.07, 6.45) is 0.511. The maximum absolute atomic E-state index is 11.4. The largest absolute Gasteiger partial charge is 0.486 e. The van der Waals surface area contributed by atoms with Gasteiger partial charge in [-0.15, -0.1) is 11.8 Å². The quantitative estimate of drug-likeness (QED) is 0.378. The molecule has 0 fully saturated rings. The second-order valence-corrected chi connectivity index (χ2v) is 12.1. The summed E-state index contributed by atoms with van der Waals surface area (Å²) in [5.41, 5.74) is 2.42. The van der Waals surface area contributed by atoms with Crippen molar-refractivity contribution in [2.24, 2.45) is 0 Å². The highest BCUT2D eigenvalue weighted by Crippen LogP contribution is 2.43. The minimum Gasteiger partial charge on any atom is -0.486 e. The molecule has 0 aliphatic heterocycles. The van der Waals surface area contributed by atoms with E-state index in [-0.39, 0.29) is 17.1 Å². The third-order valence-electron chi connectivity index (χ3n) is 4.80. The number of Topliss-reactive ketones (excluding diaryl/α,β-unsaturated/α-hetero) is 1. The predicted octanol–water partition coefficient (Wildman–Crippen LogP) is 6.51. The fourth-order valence-corrected chi connectivity index (χ4v) is 4.90. The van der Waals surface area contributed by atoms with E-state index in [9.17, 15) is 9.90 Å². The fourth-order valence-electron chi connectivity index (χ4n) is 3.59. The smallest absolute Gasteiger partial charge is 0.167 e. The lowest BCUT2D eigenvalue weighted by Crippen LogP contribution is -2.24. The molecule has 0 saturated carbocycles. The standard InChI is InChI=1S/C26H32ClNO3S/c1-17(29)16-31-20-11-12-22-21(13-20)24(32-25(2,3)4)23(14-26(5,6)30)28(22)15-18-7-9-19(27)10-8-18/h7-13,30H,14-16H2,1-6H3. The summed E-state index contributed by atoms with van der Waals surface area (Å²) in [6, 6.07) is 13.8. The highest BCUT2D eigenvalue weighted by atomic mass is 35.5. The number of benzene rings is 2. The minimum absolute atomic E-state index is 0.0163. The van der Waals surface area contributed by atoms with Crippen LogP contribution in [0, 0.1) is 0 Å². The number of nitrogens with zero attached hydrogens (tertiary/aromatic N) is 1. The van der Waals surface area contributed by atoms with Gasteiger partial charge in [-0.05, 0) is 56.7 Å². The number of rotatable bonds is 8. The summed E-state index contributed by atoms with van der Waals surface area (Å²) in [6.45, 7) is 12.5. The van der Waals surface area contributed by atoms with E-state index in [1.165, 1.54) is 6.92 Å². The van der Waals surface area contributed by atoms with Crippen molar-refractivity contribution in [3.05, 3.63) is 58.7 Å². The van der Waals surface area contributed by atoms with E-state index in [0.717, 1.165) is 27.1 Å². The van der Waals surface area contributed by atoms with Crippen LogP contribution in [0.2, 0.25) is 5.02 Å². The highest BCUT2D eigenvalue weighted by Gasteiger charge is 2.27. The summed E-state index contributed by atoms with van der Waals surface area (Å²) in [4.78, 5) is 12.5. The Labute approximate surface area is 199 Å². The van der Waals surface area contributed by atoms with Gasteiger partial charge in [-0.2, -0.15) is 0 Å². The Morgan fingerprint density at radius 1 is 1.09 bits per heavy atom. The predicted molar refractivity (Wildman–Crippen MR) is 134 cm³/mol. The van der Waals surface area contributed by atoms with Crippen LogP contribution in [-0.4, -0.2) is 32.4 Å². The molecule has 0 aliphatic rings. The normalized spacial score (nSPS) is 12.4. The van der Waals surface area contributed by atoms with Crippen LogP contribution < -0.4 is 4.74 Å². The molecule has 3 rings (SSSR count). The lowest BCUT2D eigenvalue weighted by Gasteiger charge is -2.23. The molecular formula is C26H32ClNO3S. The maximum atomic E-state index is 11.4. The Hall–Kier alpha value is -1.95. The first-order chi connectivity index (χ1) is 14.8. The fraction of sp³-hybridized carbons (Fsp3) is 0.423. The van der Waals surface area contributed by atoms with Gasteiger partial charge in [0.25, 0.3) is 0 Å². The summed E-state index contributed by atoms with van der Waals surface area (Å²) in [5.74, 6) is 0.652. The molecule has 0 atom stereocenters. The molecule has 4 nitrogen and oxygen atoms in total. The zero-order valence-corrected chi connectivity index (χ0v) is 21.2. The second kappa shape index (κ2) is 9.50. The third kappa shape index (κ3) is 6.53. The molecule has 32 heavy (non-hydrogen) atoms. The van der Waals surface area contributed by atoms with Gasteiger partial charge in [0, 0.05) is 44.2 Å². The first-order valence-corrected chi connectivity index (χ1v) is 11.9. The number of aliphatic hydroxyl groups is 1. The monoisotopic (exact) mass is 473 g/mol. The van der Waals surface area contributed by atoms with Gasteiger partial charge in [0.05, 0.1) is 5.60 Å². The van der Waals surface area contributed by atoms with Crippen molar-refractivity contribution in [3.63, 3.8) is 0 Å². The van der Waals surface area contributed by atoms with E-state index in [2.05, 4.69) is 25.3 Å². The highest BCUT2D eigenvalue weighted by molar-refractivity contribution is 8.00. The van der Waals surface area contributed by atoms with Crippen molar-refractivity contribution in [3.8, 4) is 5.75 Å². The number of fused-ring (bicyclic) bond motifs is 1. The summed E-state index contributed by atoms with van der Waals surface area (Å²) in [5, 5.41) is 12.5. The third-order valence-corrected chi connectivity index (χ3v) is 6.32. The van der Waals surface area contributed by atoms with Crippen LogP contribution >= 0.6 is 23.4 Å². The molecule has 0 unspecified atom stereocenters. The zero-order chi connectivity index (χ0) is 23.7. The SMILES string of the molecule is CC(=O)COc1ccc2c(c1)c(SC(C)(C)C)c(CC(C)(C)O)n2Cc1ccc(Cl)cc1. The van der Waals surface area contributed by atoms with Gasteiger partial charge in [0.2, 0.25) is 0 Å². The van der Waals surface area contributed by atoms with Crippen LogP contribution in [0.4, 0.5) is 0 Å². The lowest BCUT2D eigenvalue weighted by atomic mass is 10.0. The van der Waals surface area contributed by atoms with Gasteiger partial charge in [-0.25, -0.2) is 0 Å². The molecule has 0 bridgehead atoms. The van der Waals surface area contributed by atoms with Crippen LogP contribution in [-0.2, 0) is 17.8 Å². The topological polar surface area (TPSA) is 51.5 Å². The van der Waals surface area contributed by atoms with E-state index in [1.54, 1.807) is 11.8 Å². The van der Waals surface area contributed by atoms with Gasteiger partial charge in [0.1, 0.15) is 12.4 Å². The van der Waals surface area contributed by atoms with E-state index >= 15 is 0 Å². The Morgan fingerprint density at radius 3 is 2.31 bits per heavy atom. The van der Waals surface area contributed by atoms with Crippen molar-refractivity contribution in [2.45, 2.75) is 69.8 Å². The van der Waals surface area contributed by atoms with E-state index in [0.29, 0.717) is 23.7 Å². The van der Waals surface area contributed by atoms with Gasteiger partial charge in [-0.3, -0.25) is 4.79 Å². The van der Waals surface area contributed by atoms with Crippen LogP contribution in [0.15, 0.2) is 47.4 Å². The van der Waals surface area contributed by atoms with Crippen LogP contribution in [0.5, 0.6) is 5.75 Å². The number of ether oxygens (including phenoxy) is 1. The van der Waals surface area contributed by atoms with Crippen LogP contribution in [0.25, 0.3) is 10.9 Å². The van der Waals surface area contributed by atoms with Gasteiger partial charge < -0.3 is 14.4 Å². The van der Waals surface area contributed by atoms with Gasteiger partial charge in [0.15, 0.2) is 5.78 Å². The molecule has 0 radical (unpaired) electrons. The van der Waals surface area contributed by atoms with Crippen molar-refractivity contribution in [1.29, 1.82) is 0 Å². The summed E-state index contributed by atoms with van der Waals surface area (Å²) in [7, 11) is 0. The number of hydrogen-bond acceptors (Lipinski definition) is 4. The van der Waals surface area contributed by atoms with Crippen molar-refractivity contribution < 1.29 is 14.6 Å². The molecule has 2 aromatic carbocycles. The lowest BCUT2D eigenvalue weighted by molar-refractivity contribution is -0.118. The second-order valence-electron chi connectivity index (χ2n) is 9.86. The van der Waals surface area contributed by atoms with Gasteiger partial charge >= 0.3 is 0 Å². The number of hydrogen-bond donors (Lipinski definition) is 1. The summed E-state index contributed by atoms with van der Waals surface area (Å²) < 4.78 is 7.96. The Bertz CT molecular complexity index is 1110. The summed E-state index contributed by atoms with van der Waals surface area (Å²) >= 11 is 7.88. The van der Waals surface area contributed by atoms with E-state index < -0.39 is 5.60 Å². The molecule has 1 N–H and O–H groups in total. The zero-order valence-electron chi connectivity index (χ0n) is 19.7. The minimum atomic E-state index is -0.868. The van der Waals surface area contributed by atoms with Crippen LogP contribution in [0.1, 0.15) is 52.8 Å². The molecule has 1 heterocycles. The van der Waals surface area contributed by atoms with E-state index in [4.69, 9.17) is 16.3 Å². The molecular weight excluding hydrogens is 442 g/mol. The number of aromatic nitrogens is 1. The van der Waals surface area contributed by atoms with Crippen molar-refractivity contribution in [1.82, 2.24) is 4.57 Å². The average Bonchev–Trinajstić information content (AvgIpc) is 2.91. The molecule has 0 aliphatic carbocycles. The first kappa shape index (κ1) is 24.7. The molecule has 6 heteroatoms. The Kier molecular flexibility index (Phi) is 7.33. The maximum Gasteiger partial charge on any atom is 0.167 e. The number of carbonyl (C=O) groups is 1. The number of thioether (sulfide) groups is 1. The number of carbonyl (C=O) groups excluding carboxylic acids is 1. The molecule has 0 saturated heterocycles. The first-order valence-electron chi connectivity index (χ1n) is 10.8. The molecule has 0 spiro atoms. The molecule has 3 aromatic rings. The number of ketones is 1. The Morgan fingerprint density at radius 2 is 1.75 bits per heavy atom. The Balaban J connectivity index is 2.21. The van der Waals surface area contributed by atoms with E-state index in [1.807, 2.05) is 56.3 Å². The number of halogens is 1. The van der Waals surface area contributed by atoms with Crippen molar-refractivity contribution in [2.75, 3.05) is 6.61 Å². The van der Waals surface area contributed by atoms with Gasteiger partial charge in [-0.1, -0.05) is 44.5 Å². The molecule has 172 valence electrons. The average molecular weight is 474 g/mol. The molecule has 0 amide bonds. The molecule has 1 aromatic heterocycles.